The fourth-order valence-electron chi connectivity index (χ4n) is 3.39. The predicted octanol–water partition coefficient (Wildman–Crippen LogP) is 3.71. The Hall–Kier alpha value is -2.63. The third kappa shape index (κ3) is 4.26. The lowest BCUT2D eigenvalue weighted by Gasteiger charge is -2.19. The Labute approximate surface area is 171 Å². The molecule has 3 aromatic rings. The van der Waals surface area contributed by atoms with Gasteiger partial charge in [0.1, 0.15) is 5.69 Å². The topological polar surface area (TPSA) is 50.2 Å². The fourth-order valence-corrected chi connectivity index (χ4v) is 3.39. The highest BCUT2D eigenvalue weighted by Gasteiger charge is 2.24. The van der Waals surface area contributed by atoms with E-state index in [0.717, 1.165) is 49.5 Å². The third-order valence-corrected chi connectivity index (χ3v) is 4.92. The van der Waals surface area contributed by atoms with E-state index in [1.807, 2.05) is 58.2 Å². The first-order valence-electron chi connectivity index (χ1n) is 9.44. The van der Waals surface area contributed by atoms with Gasteiger partial charge in [-0.1, -0.05) is 48.0 Å². The minimum absolute atomic E-state index is 0. The fraction of sp³-hybridized carbons (Fsp3) is 0.273. The number of amides is 1. The van der Waals surface area contributed by atoms with Crippen LogP contribution >= 0.6 is 12.4 Å². The van der Waals surface area contributed by atoms with Crippen LogP contribution < -0.4 is 5.32 Å². The van der Waals surface area contributed by atoms with Gasteiger partial charge in [-0.25, -0.2) is 4.68 Å². The standard InChI is InChI=1S/C22H24N4O.ClH/c1-17-8-10-19(11-9-17)26-16-20(21(24-26)18-6-3-2-4-7-18)22(27)25-14-5-12-23-13-15-25;/h2-4,6-11,16,23H,5,12-15H2,1H3;1H. The summed E-state index contributed by atoms with van der Waals surface area (Å²) in [4.78, 5) is 15.2. The molecule has 2 aromatic carbocycles. The molecule has 4 rings (SSSR count). The SMILES string of the molecule is Cc1ccc(-n2cc(C(=O)N3CCCNCC3)c(-c3ccccc3)n2)cc1.Cl. The van der Waals surface area contributed by atoms with Gasteiger partial charge in [0, 0.05) is 31.4 Å². The van der Waals surface area contributed by atoms with Crippen LogP contribution in [0.2, 0.25) is 0 Å². The van der Waals surface area contributed by atoms with E-state index >= 15 is 0 Å². The van der Waals surface area contributed by atoms with E-state index in [1.165, 1.54) is 5.56 Å². The zero-order valence-corrected chi connectivity index (χ0v) is 16.8. The summed E-state index contributed by atoms with van der Waals surface area (Å²) in [6.07, 6.45) is 2.84. The molecule has 0 atom stereocenters. The van der Waals surface area contributed by atoms with Gasteiger partial charge in [0.2, 0.25) is 0 Å². The Morgan fingerprint density at radius 1 is 1.00 bits per heavy atom. The number of halogens is 1. The van der Waals surface area contributed by atoms with E-state index in [9.17, 15) is 4.79 Å². The first-order valence-corrected chi connectivity index (χ1v) is 9.44. The Balaban J connectivity index is 0.00000225. The van der Waals surface area contributed by atoms with Crippen molar-refractivity contribution < 1.29 is 4.79 Å². The second-order valence-corrected chi connectivity index (χ2v) is 6.93. The highest BCUT2D eigenvalue weighted by atomic mass is 35.5. The van der Waals surface area contributed by atoms with E-state index in [4.69, 9.17) is 5.10 Å². The maximum Gasteiger partial charge on any atom is 0.257 e. The van der Waals surface area contributed by atoms with E-state index in [2.05, 4.69) is 24.4 Å². The van der Waals surface area contributed by atoms with Crippen LogP contribution in [-0.2, 0) is 0 Å². The molecule has 2 heterocycles. The Bertz CT molecular complexity index is 913. The van der Waals surface area contributed by atoms with Crippen molar-refractivity contribution in [3.8, 4) is 16.9 Å². The minimum Gasteiger partial charge on any atom is -0.337 e. The van der Waals surface area contributed by atoms with Crippen LogP contribution in [-0.4, -0.2) is 46.8 Å². The lowest BCUT2D eigenvalue weighted by Crippen LogP contribution is -2.34. The molecule has 1 aliphatic heterocycles. The van der Waals surface area contributed by atoms with Gasteiger partial charge in [-0.3, -0.25) is 4.79 Å². The highest BCUT2D eigenvalue weighted by Crippen LogP contribution is 2.25. The van der Waals surface area contributed by atoms with Gasteiger partial charge < -0.3 is 10.2 Å². The summed E-state index contributed by atoms with van der Waals surface area (Å²) in [5.74, 6) is 0.0518. The van der Waals surface area contributed by atoms with E-state index in [-0.39, 0.29) is 18.3 Å². The zero-order valence-electron chi connectivity index (χ0n) is 16.0. The molecule has 1 N–H and O–H groups in total. The van der Waals surface area contributed by atoms with Crippen LogP contribution in [0.4, 0.5) is 0 Å². The molecular weight excluding hydrogens is 372 g/mol. The average molecular weight is 397 g/mol. The van der Waals surface area contributed by atoms with Crippen molar-refractivity contribution in [2.45, 2.75) is 13.3 Å². The van der Waals surface area contributed by atoms with Gasteiger partial charge in [0.05, 0.1) is 11.3 Å². The van der Waals surface area contributed by atoms with Crippen molar-refractivity contribution in [2.24, 2.45) is 0 Å². The summed E-state index contributed by atoms with van der Waals surface area (Å²) in [5, 5.41) is 8.12. The van der Waals surface area contributed by atoms with Crippen LogP contribution in [0.25, 0.3) is 16.9 Å². The van der Waals surface area contributed by atoms with E-state index in [1.54, 1.807) is 0 Å². The number of nitrogens with zero attached hydrogens (tertiary/aromatic N) is 3. The highest BCUT2D eigenvalue weighted by molar-refractivity contribution is 6.00. The van der Waals surface area contributed by atoms with Gasteiger partial charge >= 0.3 is 0 Å². The molecule has 1 saturated heterocycles. The molecule has 6 heteroatoms. The molecule has 1 aliphatic rings. The maximum absolute atomic E-state index is 13.3. The van der Waals surface area contributed by atoms with Gasteiger partial charge in [0.25, 0.3) is 5.91 Å². The Morgan fingerprint density at radius 2 is 1.75 bits per heavy atom. The summed E-state index contributed by atoms with van der Waals surface area (Å²) >= 11 is 0. The molecule has 146 valence electrons. The van der Waals surface area contributed by atoms with Gasteiger partial charge in [-0.15, -0.1) is 12.4 Å². The van der Waals surface area contributed by atoms with Crippen molar-refractivity contribution in [1.29, 1.82) is 0 Å². The summed E-state index contributed by atoms with van der Waals surface area (Å²) in [7, 11) is 0. The second kappa shape index (κ2) is 9.04. The predicted molar refractivity (Wildman–Crippen MR) is 114 cm³/mol. The monoisotopic (exact) mass is 396 g/mol. The number of hydrogen-bond acceptors (Lipinski definition) is 3. The van der Waals surface area contributed by atoms with Gasteiger partial charge in [-0.05, 0) is 32.0 Å². The Kier molecular flexibility index (Phi) is 6.49. The normalized spacial score (nSPS) is 14.2. The summed E-state index contributed by atoms with van der Waals surface area (Å²) in [5.41, 5.74) is 4.50. The minimum atomic E-state index is 0. The Morgan fingerprint density at radius 3 is 2.50 bits per heavy atom. The molecule has 0 radical (unpaired) electrons. The summed E-state index contributed by atoms with van der Waals surface area (Å²) in [6, 6.07) is 18.1. The number of carbonyl (C=O) groups excluding carboxylic acids is 1. The molecule has 1 fully saturated rings. The third-order valence-electron chi connectivity index (χ3n) is 4.92. The number of aromatic nitrogens is 2. The van der Waals surface area contributed by atoms with E-state index < -0.39 is 0 Å². The lowest BCUT2D eigenvalue weighted by molar-refractivity contribution is 0.0767. The molecule has 0 bridgehead atoms. The van der Waals surface area contributed by atoms with Crippen molar-refractivity contribution in [3.63, 3.8) is 0 Å². The molecular formula is C22H25ClN4O. The number of benzene rings is 2. The largest absolute Gasteiger partial charge is 0.337 e. The lowest BCUT2D eigenvalue weighted by atomic mass is 10.1. The number of nitrogens with one attached hydrogen (secondary N) is 1. The van der Waals surface area contributed by atoms with Crippen LogP contribution in [0.5, 0.6) is 0 Å². The second-order valence-electron chi connectivity index (χ2n) is 6.93. The van der Waals surface area contributed by atoms with Crippen molar-refractivity contribution in [2.75, 3.05) is 26.2 Å². The average Bonchev–Trinajstić information content (AvgIpc) is 2.96. The molecule has 0 aliphatic carbocycles. The van der Waals surface area contributed by atoms with Crippen LogP contribution in [0.1, 0.15) is 22.3 Å². The smallest absolute Gasteiger partial charge is 0.257 e. The molecule has 5 nitrogen and oxygen atoms in total. The molecule has 0 unspecified atom stereocenters. The van der Waals surface area contributed by atoms with Crippen molar-refractivity contribution in [3.05, 3.63) is 71.9 Å². The zero-order chi connectivity index (χ0) is 18.6. The van der Waals surface area contributed by atoms with Crippen LogP contribution in [0, 0.1) is 6.92 Å². The number of rotatable bonds is 3. The molecule has 28 heavy (non-hydrogen) atoms. The summed E-state index contributed by atoms with van der Waals surface area (Å²) < 4.78 is 1.81. The van der Waals surface area contributed by atoms with Gasteiger partial charge in [0.15, 0.2) is 0 Å². The van der Waals surface area contributed by atoms with Crippen molar-refractivity contribution in [1.82, 2.24) is 20.0 Å². The molecule has 1 amide bonds. The molecule has 0 saturated carbocycles. The molecule has 1 aromatic heterocycles. The number of carbonyl (C=O) groups is 1. The van der Waals surface area contributed by atoms with Crippen LogP contribution in [0.15, 0.2) is 60.8 Å². The van der Waals surface area contributed by atoms with Crippen LogP contribution in [0.3, 0.4) is 0 Å². The molecule has 0 spiro atoms. The number of hydrogen-bond donors (Lipinski definition) is 1. The maximum atomic E-state index is 13.3. The summed E-state index contributed by atoms with van der Waals surface area (Å²) in [6.45, 7) is 5.35. The first kappa shape index (κ1) is 20.1. The number of aryl methyl sites for hydroxylation is 1. The first-order chi connectivity index (χ1) is 13.2. The van der Waals surface area contributed by atoms with Gasteiger partial charge in [-0.2, -0.15) is 5.10 Å². The van der Waals surface area contributed by atoms with E-state index in [0.29, 0.717) is 5.56 Å². The van der Waals surface area contributed by atoms with Crippen molar-refractivity contribution >= 4 is 18.3 Å². The quantitative estimate of drug-likeness (QED) is 0.734.